The fourth-order valence-electron chi connectivity index (χ4n) is 2.41. The molecule has 0 aromatic heterocycles. The molecule has 21 heavy (non-hydrogen) atoms. The van der Waals surface area contributed by atoms with E-state index >= 15 is 0 Å². The van der Waals surface area contributed by atoms with Gasteiger partial charge in [0.1, 0.15) is 5.75 Å². The van der Waals surface area contributed by atoms with Gasteiger partial charge in [-0.1, -0.05) is 13.8 Å². The van der Waals surface area contributed by atoms with E-state index in [1.807, 2.05) is 18.7 Å². The number of hydrogen-bond acceptors (Lipinski definition) is 3. The number of rotatable bonds is 3. The zero-order chi connectivity index (χ0) is 15.4. The van der Waals surface area contributed by atoms with E-state index in [-0.39, 0.29) is 17.7 Å². The molecule has 0 bridgehead atoms. The molecule has 1 aromatic carbocycles. The Morgan fingerprint density at radius 1 is 1.00 bits per heavy atom. The molecule has 0 spiro atoms. The van der Waals surface area contributed by atoms with Crippen LogP contribution in [0.4, 0.5) is 0 Å². The van der Waals surface area contributed by atoms with Gasteiger partial charge in [0.05, 0.1) is 7.11 Å². The van der Waals surface area contributed by atoms with E-state index in [0.29, 0.717) is 31.7 Å². The molecule has 0 aliphatic carbocycles. The monoisotopic (exact) mass is 290 g/mol. The highest BCUT2D eigenvalue weighted by atomic mass is 16.5. The summed E-state index contributed by atoms with van der Waals surface area (Å²) in [6.45, 7) is 6.19. The molecule has 0 N–H and O–H groups in total. The first-order valence-corrected chi connectivity index (χ1v) is 7.25. The summed E-state index contributed by atoms with van der Waals surface area (Å²) in [6, 6.07) is 7.11. The van der Waals surface area contributed by atoms with Crippen LogP contribution in [0.3, 0.4) is 0 Å². The van der Waals surface area contributed by atoms with Gasteiger partial charge in [-0.25, -0.2) is 0 Å². The highest BCUT2D eigenvalue weighted by molar-refractivity contribution is 5.94. The average molecular weight is 290 g/mol. The van der Waals surface area contributed by atoms with Gasteiger partial charge in [-0.2, -0.15) is 0 Å². The van der Waals surface area contributed by atoms with Crippen LogP contribution in [0.1, 0.15) is 24.2 Å². The second-order valence-electron chi connectivity index (χ2n) is 5.50. The average Bonchev–Trinajstić information content (AvgIpc) is 2.53. The number of carbonyl (C=O) groups is 2. The van der Waals surface area contributed by atoms with Crippen LogP contribution in [-0.2, 0) is 4.79 Å². The van der Waals surface area contributed by atoms with Crippen molar-refractivity contribution in [2.24, 2.45) is 5.92 Å². The van der Waals surface area contributed by atoms with Crippen molar-refractivity contribution in [2.75, 3.05) is 33.3 Å². The largest absolute Gasteiger partial charge is 0.497 e. The highest BCUT2D eigenvalue weighted by Crippen LogP contribution is 2.15. The summed E-state index contributed by atoms with van der Waals surface area (Å²) in [7, 11) is 1.60. The number of benzene rings is 1. The summed E-state index contributed by atoms with van der Waals surface area (Å²) in [4.78, 5) is 27.9. The third-order valence-electron chi connectivity index (χ3n) is 3.71. The number of piperazine rings is 1. The van der Waals surface area contributed by atoms with E-state index < -0.39 is 0 Å². The Balaban J connectivity index is 1.95. The Hall–Kier alpha value is -2.04. The maximum atomic E-state index is 12.4. The van der Waals surface area contributed by atoms with Gasteiger partial charge in [0.2, 0.25) is 5.91 Å². The van der Waals surface area contributed by atoms with Crippen LogP contribution >= 0.6 is 0 Å². The number of carbonyl (C=O) groups excluding carboxylic acids is 2. The molecule has 1 aliphatic rings. The molecule has 0 unspecified atom stereocenters. The number of ether oxygens (including phenoxy) is 1. The fraction of sp³-hybridized carbons (Fsp3) is 0.500. The number of amides is 2. The van der Waals surface area contributed by atoms with Gasteiger partial charge in [0.15, 0.2) is 0 Å². The first kappa shape index (κ1) is 15.4. The maximum absolute atomic E-state index is 12.4. The lowest BCUT2D eigenvalue weighted by molar-refractivity contribution is -0.135. The first-order chi connectivity index (χ1) is 10.0. The molecule has 1 aromatic rings. The predicted octanol–water partition coefficient (Wildman–Crippen LogP) is 1.64. The topological polar surface area (TPSA) is 49.9 Å². The summed E-state index contributed by atoms with van der Waals surface area (Å²) in [5.41, 5.74) is 0.652. The second kappa shape index (κ2) is 6.61. The number of methoxy groups -OCH3 is 1. The van der Waals surface area contributed by atoms with Crippen molar-refractivity contribution in [3.8, 4) is 5.75 Å². The quantitative estimate of drug-likeness (QED) is 0.850. The summed E-state index contributed by atoms with van der Waals surface area (Å²) in [5.74, 6) is 0.911. The minimum Gasteiger partial charge on any atom is -0.497 e. The SMILES string of the molecule is COc1ccc(C(=O)N2CCN(C(=O)C(C)C)CC2)cc1. The Bertz CT molecular complexity index is 503. The molecule has 1 heterocycles. The molecule has 114 valence electrons. The van der Waals surface area contributed by atoms with Crippen molar-refractivity contribution in [3.05, 3.63) is 29.8 Å². The molecule has 0 radical (unpaired) electrons. The molecule has 5 nitrogen and oxygen atoms in total. The molecule has 1 saturated heterocycles. The van der Waals surface area contributed by atoms with Crippen molar-refractivity contribution < 1.29 is 14.3 Å². The van der Waals surface area contributed by atoms with Gasteiger partial charge in [-0.15, -0.1) is 0 Å². The lowest BCUT2D eigenvalue weighted by Crippen LogP contribution is -2.51. The van der Waals surface area contributed by atoms with Crippen molar-refractivity contribution in [2.45, 2.75) is 13.8 Å². The highest BCUT2D eigenvalue weighted by Gasteiger charge is 2.25. The molecule has 0 saturated carbocycles. The Morgan fingerprint density at radius 2 is 1.52 bits per heavy atom. The van der Waals surface area contributed by atoms with E-state index in [9.17, 15) is 9.59 Å². The van der Waals surface area contributed by atoms with E-state index in [4.69, 9.17) is 4.74 Å². The van der Waals surface area contributed by atoms with E-state index in [1.54, 1.807) is 36.3 Å². The minimum absolute atomic E-state index is 0.00818. The van der Waals surface area contributed by atoms with Crippen LogP contribution in [0.2, 0.25) is 0 Å². The van der Waals surface area contributed by atoms with Gasteiger partial charge in [0, 0.05) is 37.7 Å². The van der Waals surface area contributed by atoms with Crippen LogP contribution in [0.5, 0.6) is 5.75 Å². The molecular formula is C16H22N2O3. The van der Waals surface area contributed by atoms with Gasteiger partial charge in [-0.3, -0.25) is 9.59 Å². The third kappa shape index (κ3) is 3.54. The third-order valence-corrected chi connectivity index (χ3v) is 3.71. The van der Waals surface area contributed by atoms with Crippen LogP contribution in [-0.4, -0.2) is 54.9 Å². The standard InChI is InChI=1S/C16H22N2O3/c1-12(2)15(19)17-8-10-18(11-9-17)16(20)13-4-6-14(21-3)7-5-13/h4-7,12H,8-11H2,1-3H3. The second-order valence-corrected chi connectivity index (χ2v) is 5.50. The van der Waals surface area contributed by atoms with Crippen molar-refractivity contribution in [1.29, 1.82) is 0 Å². The van der Waals surface area contributed by atoms with E-state index in [0.717, 1.165) is 5.75 Å². The lowest BCUT2D eigenvalue weighted by Gasteiger charge is -2.35. The molecule has 5 heteroatoms. The van der Waals surface area contributed by atoms with Gasteiger partial charge < -0.3 is 14.5 Å². The summed E-state index contributed by atoms with van der Waals surface area (Å²) in [6.07, 6.45) is 0. The molecule has 2 rings (SSSR count). The smallest absolute Gasteiger partial charge is 0.253 e. The molecule has 2 amide bonds. The zero-order valence-electron chi connectivity index (χ0n) is 12.8. The Morgan fingerprint density at radius 3 is 2.00 bits per heavy atom. The van der Waals surface area contributed by atoms with Crippen molar-refractivity contribution >= 4 is 11.8 Å². The normalized spacial score (nSPS) is 15.2. The van der Waals surface area contributed by atoms with Crippen molar-refractivity contribution in [1.82, 2.24) is 9.80 Å². The van der Waals surface area contributed by atoms with Crippen LogP contribution in [0.15, 0.2) is 24.3 Å². The Kier molecular flexibility index (Phi) is 4.83. The van der Waals surface area contributed by atoms with E-state index in [1.165, 1.54) is 0 Å². The molecular weight excluding hydrogens is 268 g/mol. The number of hydrogen-bond donors (Lipinski definition) is 0. The maximum Gasteiger partial charge on any atom is 0.253 e. The van der Waals surface area contributed by atoms with Gasteiger partial charge in [0.25, 0.3) is 5.91 Å². The molecule has 1 fully saturated rings. The van der Waals surface area contributed by atoms with Gasteiger partial charge >= 0.3 is 0 Å². The first-order valence-electron chi connectivity index (χ1n) is 7.25. The fourth-order valence-corrected chi connectivity index (χ4v) is 2.41. The molecule has 1 aliphatic heterocycles. The van der Waals surface area contributed by atoms with Crippen LogP contribution in [0, 0.1) is 5.92 Å². The predicted molar refractivity (Wildman–Crippen MR) is 80.3 cm³/mol. The van der Waals surface area contributed by atoms with Gasteiger partial charge in [-0.05, 0) is 24.3 Å². The number of nitrogens with zero attached hydrogens (tertiary/aromatic N) is 2. The van der Waals surface area contributed by atoms with Crippen LogP contribution < -0.4 is 4.74 Å². The lowest BCUT2D eigenvalue weighted by atomic mass is 10.1. The minimum atomic E-state index is 0.00818. The summed E-state index contributed by atoms with van der Waals surface area (Å²) >= 11 is 0. The molecule has 0 atom stereocenters. The van der Waals surface area contributed by atoms with E-state index in [2.05, 4.69) is 0 Å². The zero-order valence-corrected chi connectivity index (χ0v) is 12.8. The van der Waals surface area contributed by atoms with Crippen LogP contribution in [0.25, 0.3) is 0 Å². The Labute approximate surface area is 125 Å². The summed E-state index contributed by atoms with van der Waals surface area (Å²) < 4.78 is 5.09. The van der Waals surface area contributed by atoms with Crippen molar-refractivity contribution in [3.63, 3.8) is 0 Å². The summed E-state index contributed by atoms with van der Waals surface area (Å²) in [5, 5.41) is 0.